The van der Waals surface area contributed by atoms with E-state index in [4.69, 9.17) is 5.73 Å². The van der Waals surface area contributed by atoms with Crippen LogP contribution in [0.3, 0.4) is 0 Å². The number of nitrogens with zero attached hydrogens (tertiary/aromatic N) is 3. The predicted molar refractivity (Wildman–Crippen MR) is 63.8 cm³/mol. The molecule has 1 aromatic heterocycles. The number of aryl methyl sites for hydroxylation is 2. The number of rotatable bonds is 3. The van der Waals surface area contributed by atoms with Gasteiger partial charge in [-0.25, -0.2) is 4.68 Å². The largest absolute Gasteiger partial charge is 0.325 e. The molecule has 0 bridgehead atoms. The van der Waals surface area contributed by atoms with E-state index in [1.807, 2.05) is 11.6 Å². The molecule has 2 rings (SSSR count). The zero-order chi connectivity index (χ0) is 11.5. The van der Waals surface area contributed by atoms with Gasteiger partial charge in [0.1, 0.15) is 5.69 Å². The lowest BCUT2D eigenvalue weighted by Gasteiger charge is -2.03. The average Bonchev–Trinajstić information content (AvgIpc) is 2.72. The van der Waals surface area contributed by atoms with Gasteiger partial charge in [-0.1, -0.05) is 35.0 Å². The number of benzene rings is 1. The van der Waals surface area contributed by atoms with Gasteiger partial charge in [-0.2, -0.15) is 0 Å². The quantitative estimate of drug-likeness (QED) is 0.850. The third kappa shape index (κ3) is 1.84. The van der Waals surface area contributed by atoms with E-state index >= 15 is 0 Å². The molecule has 0 radical (unpaired) electrons. The van der Waals surface area contributed by atoms with Crippen LogP contribution in [-0.4, -0.2) is 15.0 Å². The fourth-order valence-electron chi connectivity index (χ4n) is 1.72. The first-order valence-electron chi connectivity index (χ1n) is 5.45. The topological polar surface area (TPSA) is 56.7 Å². The van der Waals surface area contributed by atoms with Crippen molar-refractivity contribution < 1.29 is 0 Å². The van der Waals surface area contributed by atoms with Crippen molar-refractivity contribution in [2.24, 2.45) is 5.73 Å². The van der Waals surface area contributed by atoms with Crippen LogP contribution in [-0.2, 0) is 13.1 Å². The lowest BCUT2D eigenvalue weighted by atomic mass is 10.1. The molecule has 2 N–H and O–H groups in total. The number of hydrogen-bond donors (Lipinski definition) is 1. The minimum absolute atomic E-state index is 0.462. The van der Waals surface area contributed by atoms with Gasteiger partial charge < -0.3 is 5.73 Å². The molecule has 16 heavy (non-hydrogen) atoms. The fourth-order valence-corrected chi connectivity index (χ4v) is 1.72. The van der Waals surface area contributed by atoms with Crippen molar-refractivity contribution in [1.29, 1.82) is 0 Å². The number of hydrogen-bond acceptors (Lipinski definition) is 3. The highest BCUT2D eigenvalue weighted by molar-refractivity contribution is 5.61. The molecule has 4 nitrogen and oxygen atoms in total. The number of aromatic nitrogens is 3. The maximum absolute atomic E-state index is 5.74. The van der Waals surface area contributed by atoms with Crippen molar-refractivity contribution in [1.82, 2.24) is 15.0 Å². The molecule has 0 atom stereocenters. The summed E-state index contributed by atoms with van der Waals surface area (Å²) < 4.78 is 1.84. The minimum atomic E-state index is 0.462. The standard InChI is InChI=1S/C12H16N4/c1-3-16-11(8-13)12(14-15-16)10-6-4-9(2)5-7-10/h4-7H,3,8,13H2,1-2H3. The van der Waals surface area contributed by atoms with Crippen LogP contribution in [0.5, 0.6) is 0 Å². The Bertz CT molecular complexity index is 470. The van der Waals surface area contributed by atoms with E-state index in [1.165, 1.54) is 5.56 Å². The lowest BCUT2D eigenvalue weighted by Crippen LogP contribution is -2.08. The summed E-state index contributed by atoms with van der Waals surface area (Å²) in [5.74, 6) is 0. The highest BCUT2D eigenvalue weighted by Gasteiger charge is 2.11. The summed E-state index contributed by atoms with van der Waals surface area (Å²) in [6.07, 6.45) is 0. The van der Waals surface area contributed by atoms with E-state index in [9.17, 15) is 0 Å². The summed E-state index contributed by atoms with van der Waals surface area (Å²) in [7, 11) is 0. The molecular weight excluding hydrogens is 200 g/mol. The van der Waals surface area contributed by atoms with Crippen LogP contribution in [0, 0.1) is 6.92 Å². The van der Waals surface area contributed by atoms with Crippen molar-refractivity contribution >= 4 is 0 Å². The second-order valence-electron chi connectivity index (χ2n) is 3.77. The third-order valence-electron chi connectivity index (χ3n) is 2.66. The fraction of sp³-hybridized carbons (Fsp3) is 0.333. The molecule has 84 valence electrons. The average molecular weight is 216 g/mol. The van der Waals surface area contributed by atoms with Gasteiger partial charge in [0.2, 0.25) is 0 Å². The lowest BCUT2D eigenvalue weighted by molar-refractivity contribution is 0.598. The Labute approximate surface area is 95.1 Å². The Morgan fingerprint density at radius 2 is 1.94 bits per heavy atom. The van der Waals surface area contributed by atoms with Crippen molar-refractivity contribution in [2.45, 2.75) is 26.9 Å². The Hall–Kier alpha value is -1.68. The smallest absolute Gasteiger partial charge is 0.117 e. The second kappa shape index (κ2) is 4.45. The third-order valence-corrected chi connectivity index (χ3v) is 2.66. The first kappa shape index (κ1) is 10.8. The maximum atomic E-state index is 5.74. The first-order chi connectivity index (χ1) is 7.76. The van der Waals surface area contributed by atoms with Gasteiger partial charge in [-0.3, -0.25) is 0 Å². The molecule has 1 heterocycles. The predicted octanol–water partition coefficient (Wildman–Crippen LogP) is 1.73. The van der Waals surface area contributed by atoms with Crippen LogP contribution in [0.4, 0.5) is 0 Å². The van der Waals surface area contributed by atoms with Crippen molar-refractivity contribution in [3.8, 4) is 11.3 Å². The molecule has 0 saturated heterocycles. The van der Waals surface area contributed by atoms with E-state index in [-0.39, 0.29) is 0 Å². The summed E-state index contributed by atoms with van der Waals surface area (Å²) in [6, 6.07) is 8.25. The van der Waals surface area contributed by atoms with Gasteiger partial charge in [0.15, 0.2) is 0 Å². The molecule has 0 unspecified atom stereocenters. The molecule has 0 aliphatic heterocycles. The first-order valence-corrected chi connectivity index (χ1v) is 5.45. The Balaban J connectivity index is 2.47. The van der Waals surface area contributed by atoms with Crippen molar-refractivity contribution in [3.05, 3.63) is 35.5 Å². The zero-order valence-electron chi connectivity index (χ0n) is 9.64. The van der Waals surface area contributed by atoms with Gasteiger partial charge >= 0.3 is 0 Å². The Morgan fingerprint density at radius 3 is 2.50 bits per heavy atom. The molecule has 4 heteroatoms. The molecule has 1 aromatic carbocycles. The molecule has 0 spiro atoms. The summed E-state index contributed by atoms with van der Waals surface area (Å²) in [5.41, 5.74) is 9.93. The molecule has 0 amide bonds. The van der Waals surface area contributed by atoms with Gasteiger partial charge in [0.05, 0.1) is 5.69 Å². The van der Waals surface area contributed by atoms with E-state index in [0.717, 1.165) is 23.5 Å². The van der Waals surface area contributed by atoms with E-state index in [2.05, 4.69) is 41.5 Å². The summed E-state index contributed by atoms with van der Waals surface area (Å²) in [6.45, 7) is 5.36. The van der Waals surface area contributed by atoms with Gasteiger partial charge in [-0.05, 0) is 13.8 Å². The van der Waals surface area contributed by atoms with Crippen molar-refractivity contribution in [3.63, 3.8) is 0 Å². The second-order valence-corrected chi connectivity index (χ2v) is 3.77. The van der Waals surface area contributed by atoms with E-state index in [0.29, 0.717) is 6.54 Å². The Kier molecular flexibility index (Phi) is 3.01. The highest BCUT2D eigenvalue weighted by atomic mass is 15.4. The molecule has 0 aliphatic rings. The van der Waals surface area contributed by atoms with Crippen LogP contribution in [0.15, 0.2) is 24.3 Å². The molecule has 2 aromatic rings. The van der Waals surface area contributed by atoms with Crippen LogP contribution < -0.4 is 5.73 Å². The molecule has 0 fully saturated rings. The van der Waals surface area contributed by atoms with Gasteiger partial charge in [0.25, 0.3) is 0 Å². The zero-order valence-corrected chi connectivity index (χ0v) is 9.64. The monoisotopic (exact) mass is 216 g/mol. The highest BCUT2D eigenvalue weighted by Crippen LogP contribution is 2.21. The van der Waals surface area contributed by atoms with Gasteiger partial charge in [0, 0.05) is 18.7 Å². The minimum Gasteiger partial charge on any atom is -0.325 e. The summed E-state index contributed by atoms with van der Waals surface area (Å²) in [4.78, 5) is 0. The number of nitrogens with two attached hydrogens (primary N) is 1. The van der Waals surface area contributed by atoms with Crippen LogP contribution in [0.2, 0.25) is 0 Å². The normalized spacial score (nSPS) is 10.7. The maximum Gasteiger partial charge on any atom is 0.117 e. The Morgan fingerprint density at radius 1 is 1.25 bits per heavy atom. The van der Waals surface area contributed by atoms with Crippen LogP contribution in [0.25, 0.3) is 11.3 Å². The van der Waals surface area contributed by atoms with Crippen LogP contribution in [0.1, 0.15) is 18.2 Å². The molecule has 0 saturated carbocycles. The SMILES string of the molecule is CCn1nnc(-c2ccc(C)cc2)c1CN. The summed E-state index contributed by atoms with van der Waals surface area (Å²) in [5, 5.41) is 8.28. The molecule has 0 aliphatic carbocycles. The molecular formula is C12H16N4. The van der Waals surface area contributed by atoms with E-state index < -0.39 is 0 Å². The van der Waals surface area contributed by atoms with Crippen LogP contribution >= 0.6 is 0 Å². The van der Waals surface area contributed by atoms with Gasteiger partial charge in [-0.15, -0.1) is 5.10 Å². The van der Waals surface area contributed by atoms with Crippen molar-refractivity contribution in [2.75, 3.05) is 0 Å². The summed E-state index contributed by atoms with van der Waals surface area (Å²) >= 11 is 0. The van der Waals surface area contributed by atoms with E-state index in [1.54, 1.807) is 0 Å².